The van der Waals surface area contributed by atoms with Crippen LogP contribution in [0.1, 0.15) is 17.3 Å². The van der Waals surface area contributed by atoms with Gasteiger partial charge in [-0.2, -0.15) is 0 Å². The van der Waals surface area contributed by atoms with Crippen molar-refractivity contribution in [1.29, 1.82) is 0 Å². The van der Waals surface area contributed by atoms with E-state index in [-0.39, 0.29) is 24.1 Å². The summed E-state index contributed by atoms with van der Waals surface area (Å²) in [4.78, 5) is 27.6. The van der Waals surface area contributed by atoms with E-state index >= 15 is 0 Å². The maximum atomic E-state index is 12.1. The summed E-state index contributed by atoms with van der Waals surface area (Å²) in [6.45, 7) is 5.48. The largest absolute Gasteiger partial charge is 0.465 e. The van der Waals surface area contributed by atoms with Gasteiger partial charge in [-0.25, -0.2) is 4.79 Å². The van der Waals surface area contributed by atoms with Gasteiger partial charge in [-0.05, 0) is 30.8 Å². The van der Waals surface area contributed by atoms with E-state index in [0.717, 1.165) is 25.3 Å². The summed E-state index contributed by atoms with van der Waals surface area (Å²) in [6, 6.07) is 6.91. The number of methoxy groups -OCH3 is 1. The van der Waals surface area contributed by atoms with Crippen molar-refractivity contribution in [1.82, 2.24) is 4.90 Å². The van der Waals surface area contributed by atoms with Crippen molar-refractivity contribution in [3.05, 3.63) is 29.8 Å². The zero-order valence-electron chi connectivity index (χ0n) is 12.9. The number of likely N-dealkylation sites (N-methyl/N-ethyl adjacent to an activating group) is 1. The van der Waals surface area contributed by atoms with Gasteiger partial charge in [-0.1, -0.05) is 6.92 Å². The van der Waals surface area contributed by atoms with Crippen molar-refractivity contribution in [3.8, 4) is 0 Å². The summed E-state index contributed by atoms with van der Waals surface area (Å²) in [5, 5.41) is 0. The van der Waals surface area contributed by atoms with Crippen molar-refractivity contribution >= 4 is 17.6 Å². The molecule has 0 radical (unpaired) electrons. The molecule has 0 saturated carbocycles. The highest BCUT2D eigenvalue weighted by Crippen LogP contribution is 2.31. The van der Waals surface area contributed by atoms with Crippen molar-refractivity contribution in [3.63, 3.8) is 0 Å². The van der Waals surface area contributed by atoms with Gasteiger partial charge in [-0.15, -0.1) is 0 Å². The number of esters is 1. The zero-order valence-corrected chi connectivity index (χ0v) is 12.9. The lowest BCUT2D eigenvalue weighted by atomic mass is 9.91. The minimum absolute atomic E-state index is 0.0496. The molecular weight excluding hydrogens is 284 g/mol. The molecule has 1 aromatic rings. The first-order chi connectivity index (χ1) is 10.6. The first-order valence-corrected chi connectivity index (χ1v) is 7.42. The summed E-state index contributed by atoms with van der Waals surface area (Å²) >= 11 is 0. The first-order valence-electron chi connectivity index (χ1n) is 7.42. The number of morpholine rings is 1. The van der Waals surface area contributed by atoms with E-state index in [4.69, 9.17) is 4.74 Å². The third-order valence-electron chi connectivity index (χ3n) is 4.32. The third-order valence-corrected chi connectivity index (χ3v) is 4.32. The van der Waals surface area contributed by atoms with Gasteiger partial charge in [-0.3, -0.25) is 9.69 Å². The molecule has 0 bridgehead atoms. The topological polar surface area (TPSA) is 59.1 Å². The lowest BCUT2D eigenvalue weighted by Gasteiger charge is -2.53. The zero-order chi connectivity index (χ0) is 15.7. The van der Waals surface area contributed by atoms with E-state index in [2.05, 4.69) is 16.6 Å². The number of hydrogen-bond donors (Lipinski definition) is 0. The number of likely N-dealkylation sites (tertiary alicyclic amines) is 1. The molecule has 0 aliphatic carbocycles. The molecule has 22 heavy (non-hydrogen) atoms. The Morgan fingerprint density at radius 3 is 2.55 bits per heavy atom. The second-order valence-corrected chi connectivity index (χ2v) is 5.79. The van der Waals surface area contributed by atoms with Crippen molar-refractivity contribution < 1.29 is 19.1 Å². The van der Waals surface area contributed by atoms with E-state index in [1.165, 1.54) is 7.11 Å². The fourth-order valence-corrected chi connectivity index (χ4v) is 3.03. The van der Waals surface area contributed by atoms with Crippen LogP contribution in [0.3, 0.4) is 0 Å². The number of hydrogen-bond acceptors (Lipinski definition) is 5. The molecule has 1 amide bonds. The molecule has 6 nitrogen and oxygen atoms in total. The summed E-state index contributed by atoms with van der Waals surface area (Å²) in [5.41, 5.74) is 1.02. The van der Waals surface area contributed by atoms with Crippen molar-refractivity contribution in [2.45, 2.75) is 12.5 Å². The number of rotatable bonds is 3. The number of amides is 1. The van der Waals surface area contributed by atoms with E-state index in [1.54, 1.807) is 29.2 Å². The molecule has 0 aromatic heterocycles. The van der Waals surface area contributed by atoms with Crippen LogP contribution in [0.4, 0.5) is 5.69 Å². The molecule has 1 aromatic carbocycles. The molecular formula is C16H20N2O4. The van der Waals surface area contributed by atoms with Gasteiger partial charge in [0.15, 0.2) is 0 Å². The van der Waals surface area contributed by atoms with Crippen LogP contribution in [-0.4, -0.2) is 62.3 Å². The van der Waals surface area contributed by atoms with Gasteiger partial charge in [0.2, 0.25) is 0 Å². The molecule has 1 spiro atoms. The first kappa shape index (κ1) is 15.0. The third kappa shape index (κ3) is 2.60. The van der Waals surface area contributed by atoms with Gasteiger partial charge in [0.25, 0.3) is 5.91 Å². The maximum Gasteiger partial charge on any atom is 0.337 e. The lowest BCUT2D eigenvalue weighted by Crippen LogP contribution is -2.71. The molecule has 2 saturated heterocycles. The Morgan fingerprint density at radius 2 is 1.95 bits per heavy atom. The SMILES string of the molecule is CCN1CC2(C1)CN(c1ccc(C(=O)OC)cc1)C(=O)CO2. The number of benzene rings is 1. The molecule has 2 fully saturated rings. The normalized spacial score (nSPS) is 20.8. The average molecular weight is 304 g/mol. The quantitative estimate of drug-likeness (QED) is 0.777. The predicted molar refractivity (Wildman–Crippen MR) is 80.9 cm³/mol. The summed E-state index contributed by atoms with van der Waals surface area (Å²) < 4.78 is 10.5. The van der Waals surface area contributed by atoms with E-state index in [0.29, 0.717) is 12.1 Å². The minimum atomic E-state index is -0.381. The van der Waals surface area contributed by atoms with Crippen LogP contribution in [0.5, 0.6) is 0 Å². The summed E-state index contributed by atoms with van der Waals surface area (Å²) in [7, 11) is 1.35. The highest BCUT2D eigenvalue weighted by molar-refractivity contribution is 5.96. The lowest BCUT2D eigenvalue weighted by molar-refractivity contribution is -0.166. The summed E-state index contributed by atoms with van der Waals surface area (Å²) in [6.07, 6.45) is 0. The minimum Gasteiger partial charge on any atom is -0.465 e. The highest BCUT2D eigenvalue weighted by Gasteiger charge is 2.48. The Hall–Kier alpha value is -1.92. The molecule has 118 valence electrons. The Labute approximate surface area is 129 Å². The van der Waals surface area contributed by atoms with Crippen LogP contribution in [-0.2, 0) is 14.3 Å². The van der Waals surface area contributed by atoms with Crippen molar-refractivity contribution in [2.75, 3.05) is 44.8 Å². The van der Waals surface area contributed by atoms with E-state index in [9.17, 15) is 9.59 Å². The number of carbonyl (C=O) groups is 2. The van der Waals surface area contributed by atoms with Crippen LogP contribution in [0, 0.1) is 0 Å². The molecule has 0 atom stereocenters. The van der Waals surface area contributed by atoms with Crippen LogP contribution in [0.15, 0.2) is 24.3 Å². The Morgan fingerprint density at radius 1 is 1.27 bits per heavy atom. The molecule has 3 rings (SSSR count). The number of nitrogens with zero attached hydrogens (tertiary/aromatic N) is 2. The second-order valence-electron chi connectivity index (χ2n) is 5.79. The fraction of sp³-hybridized carbons (Fsp3) is 0.500. The fourth-order valence-electron chi connectivity index (χ4n) is 3.03. The molecule has 0 N–H and O–H groups in total. The Kier molecular flexibility index (Phi) is 3.88. The van der Waals surface area contributed by atoms with Crippen LogP contribution in [0.25, 0.3) is 0 Å². The number of carbonyl (C=O) groups excluding carboxylic acids is 2. The van der Waals surface area contributed by atoms with Gasteiger partial charge < -0.3 is 14.4 Å². The van der Waals surface area contributed by atoms with Crippen LogP contribution < -0.4 is 4.90 Å². The molecule has 2 aliphatic heterocycles. The average Bonchev–Trinajstić information content (AvgIpc) is 2.53. The van der Waals surface area contributed by atoms with Gasteiger partial charge in [0.1, 0.15) is 12.2 Å². The second kappa shape index (κ2) is 5.70. The monoisotopic (exact) mass is 304 g/mol. The smallest absolute Gasteiger partial charge is 0.337 e. The van der Waals surface area contributed by atoms with Gasteiger partial charge in [0, 0.05) is 18.8 Å². The van der Waals surface area contributed by atoms with E-state index < -0.39 is 0 Å². The molecule has 2 heterocycles. The predicted octanol–water partition coefficient (Wildman–Crippen LogP) is 0.911. The molecule has 0 unspecified atom stereocenters. The molecule has 6 heteroatoms. The van der Waals surface area contributed by atoms with Crippen LogP contribution >= 0.6 is 0 Å². The highest BCUT2D eigenvalue weighted by atomic mass is 16.5. The van der Waals surface area contributed by atoms with Crippen molar-refractivity contribution in [2.24, 2.45) is 0 Å². The van der Waals surface area contributed by atoms with E-state index in [1.807, 2.05) is 0 Å². The Balaban J connectivity index is 1.75. The number of anilines is 1. The Bertz CT molecular complexity index is 578. The summed E-state index contributed by atoms with van der Waals surface area (Å²) in [5.74, 6) is -0.430. The maximum absolute atomic E-state index is 12.1. The number of ether oxygens (including phenoxy) is 2. The van der Waals surface area contributed by atoms with Crippen LogP contribution in [0.2, 0.25) is 0 Å². The van der Waals surface area contributed by atoms with Gasteiger partial charge in [0.05, 0.1) is 19.2 Å². The van der Waals surface area contributed by atoms with Gasteiger partial charge >= 0.3 is 5.97 Å². The molecule has 2 aliphatic rings. The standard InChI is InChI=1S/C16H20N2O4/c1-3-17-9-16(10-17)11-18(14(19)8-22-16)13-6-4-12(5-7-13)15(20)21-2/h4-7H,3,8-11H2,1-2H3.